The van der Waals surface area contributed by atoms with Crippen LogP contribution in [0.2, 0.25) is 19.6 Å². The maximum Gasteiger partial charge on any atom is 0.121 e. The van der Waals surface area contributed by atoms with Crippen LogP contribution in [0.4, 0.5) is 0 Å². The molecule has 0 atom stereocenters. The Bertz CT molecular complexity index is 2620. The Balaban J connectivity index is 0.000000192. The average Bonchev–Trinajstić information content (AvgIpc) is 3.56. The Kier molecular flexibility index (Phi) is 12.0. The Morgan fingerprint density at radius 2 is 1.36 bits per heavy atom. The first-order chi connectivity index (χ1) is 26.6. The van der Waals surface area contributed by atoms with E-state index in [9.17, 15) is 0 Å². The van der Waals surface area contributed by atoms with Crippen LogP contribution in [0.15, 0.2) is 144 Å². The predicted octanol–water partition coefficient (Wildman–Crippen LogP) is 13.6. The molecule has 0 fully saturated rings. The molecule has 0 N–H and O–H groups in total. The van der Waals surface area contributed by atoms with Gasteiger partial charge in [0, 0.05) is 39.3 Å². The van der Waals surface area contributed by atoms with Crippen molar-refractivity contribution in [2.75, 3.05) is 0 Å². The van der Waals surface area contributed by atoms with Crippen molar-refractivity contribution in [3.05, 3.63) is 163 Å². The van der Waals surface area contributed by atoms with E-state index in [1.165, 1.54) is 21.9 Å². The van der Waals surface area contributed by atoms with Gasteiger partial charge < -0.3 is 14.4 Å². The Morgan fingerprint density at radius 3 is 2.00 bits per heavy atom. The van der Waals surface area contributed by atoms with E-state index in [4.69, 9.17) is 10.8 Å². The normalized spacial score (nSPS) is 12.1. The van der Waals surface area contributed by atoms with Gasteiger partial charge in [0.15, 0.2) is 0 Å². The van der Waals surface area contributed by atoms with Crippen LogP contribution >= 0.6 is 0 Å². The van der Waals surface area contributed by atoms with Gasteiger partial charge in [-0.25, -0.2) is 0 Å². The monoisotopic (exact) mass is 928 g/mol. The Hall–Kier alpha value is -4.93. The van der Waals surface area contributed by atoms with Crippen LogP contribution in [-0.2, 0) is 26.5 Å². The number of hydrogen-bond acceptors (Lipinski definition) is 3. The van der Waals surface area contributed by atoms with Gasteiger partial charge in [0.1, 0.15) is 5.58 Å². The standard InChI is InChI=1S/C28H24NO.C23H26NSi.Ir/c1-28(2,3)18-19-14-15-29-25(16-19)24-11-7-10-23-22-13-12-21(17-26(22)30-27(23)24)20-8-5-4-6-9-20;1-17(2)21-15-22(24-16-23(21)25(3,4)5)20-13-9-12-19(14-20)18-10-7-6-8-11-18;/h4-10,12-17H,18H2,1-3H3;6-12,14-17H,1-5H3;/q2*-1;/i;17D;. The second-order valence-electron chi connectivity index (χ2n) is 16.8. The van der Waals surface area contributed by atoms with Crippen molar-refractivity contribution < 1.29 is 25.9 Å². The molecule has 0 aliphatic carbocycles. The van der Waals surface area contributed by atoms with Crippen molar-refractivity contribution in [2.45, 2.75) is 66.6 Å². The van der Waals surface area contributed by atoms with E-state index in [0.29, 0.717) is 0 Å². The summed E-state index contributed by atoms with van der Waals surface area (Å²) in [7, 11) is -1.57. The summed E-state index contributed by atoms with van der Waals surface area (Å²) < 4.78 is 15.0. The minimum Gasteiger partial charge on any atom is -0.501 e. The molecule has 1 radical (unpaired) electrons. The third-order valence-electron chi connectivity index (χ3n) is 9.79. The fourth-order valence-electron chi connectivity index (χ4n) is 7.11. The van der Waals surface area contributed by atoms with Gasteiger partial charge >= 0.3 is 0 Å². The van der Waals surface area contributed by atoms with Crippen molar-refractivity contribution in [1.29, 1.82) is 0 Å². The fraction of sp³-hybridized carbons (Fsp3) is 0.216. The smallest absolute Gasteiger partial charge is 0.121 e. The molecule has 3 aromatic heterocycles. The van der Waals surface area contributed by atoms with Crippen LogP contribution in [0.3, 0.4) is 0 Å². The van der Waals surface area contributed by atoms with Crippen LogP contribution in [0.5, 0.6) is 0 Å². The molecule has 56 heavy (non-hydrogen) atoms. The summed E-state index contributed by atoms with van der Waals surface area (Å²) in [4.78, 5) is 9.38. The van der Waals surface area contributed by atoms with Crippen LogP contribution in [0.25, 0.3) is 66.7 Å². The van der Waals surface area contributed by atoms with Gasteiger partial charge in [0.05, 0.1) is 13.7 Å². The molecule has 0 unspecified atom stereocenters. The van der Waals surface area contributed by atoms with Gasteiger partial charge in [0.25, 0.3) is 0 Å². The number of rotatable bonds is 7. The summed E-state index contributed by atoms with van der Waals surface area (Å²) >= 11 is 0. The molecule has 5 aromatic carbocycles. The van der Waals surface area contributed by atoms with E-state index >= 15 is 0 Å². The van der Waals surface area contributed by atoms with Crippen LogP contribution in [-0.4, -0.2) is 18.0 Å². The predicted molar refractivity (Wildman–Crippen MR) is 235 cm³/mol. The number of benzene rings is 5. The summed E-state index contributed by atoms with van der Waals surface area (Å²) in [6, 6.07) is 50.4. The first kappa shape index (κ1) is 39.3. The minimum absolute atomic E-state index is 0. The van der Waals surface area contributed by atoms with Crippen LogP contribution in [0, 0.1) is 17.5 Å². The zero-order valence-electron chi connectivity index (χ0n) is 34.6. The van der Waals surface area contributed by atoms with Crippen molar-refractivity contribution in [3.63, 3.8) is 0 Å². The molecule has 5 heteroatoms. The first-order valence-corrected chi connectivity index (χ1v) is 22.6. The molecule has 285 valence electrons. The summed E-state index contributed by atoms with van der Waals surface area (Å²) in [5.41, 5.74) is 12.7. The second kappa shape index (κ2) is 17.1. The second-order valence-corrected chi connectivity index (χ2v) is 21.8. The molecule has 8 aromatic rings. The van der Waals surface area contributed by atoms with E-state index < -0.39 is 14.0 Å². The van der Waals surface area contributed by atoms with E-state index in [1.54, 1.807) is 0 Å². The third-order valence-corrected chi connectivity index (χ3v) is 11.8. The van der Waals surface area contributed by atoms with E-state index in [2.05, 4.69) is 149 Å². The summed E-state index contributed by atoms with van der Waals surface area (Å²) in [6.45, 7) is 17.6. The molecule has 0 spiro atoms. The molecular formula is C51H50IrN2OSi-2. The Labute approximate surface area is 349 Å². The Morgan fingerprint density at radius 1 is 0.696 bits per heavy atom. The number of aromatic nitrogens is 2. The molecule has 0 aliphatic heterocycles. The molecule has 0 saturated heterocycles. The summed E-state index contributed by atoms with van der Waals surface area (Å²) in [5.74, 6) is -0.648. The van der Waals surface area contributed by atoms with Crippen molar-refractivity contribution in [2.24, 2.45) is 5.41 Å². The van der Waals surface area contributed by atoms with Gasteiger partial charge in [-0.15, -0.1) is 53.6 Å². The number of furan rings is 1. The molecule has 3 heterocycles. The molecule has 0 amide bonds. The molecule has 0 aliphatic rings. The average molecular weight is 928 g/mol. The van der Waals surface area contributed by atoms with Crippen molar-refractivity contribution in [3.8, 4) is 44.8 Å². The summed E-state index contributed by atoms with van der Waals surface area (Å²) in [5, 5.41) is 3.48. The zero-order valence-corrected chi connectivity index (χ0v) is 37.0. The molecular weight excluding hydrogens is 877 g/mol. The van der Waals surface area contributed by atoms with E-state index in [0.717, 1.165) is 67.6 Å². The van der Waals surface area contributed by atoms with Gasteiger partial charge in [0.2, 0.25) is 0 Å². The maximum atomic E-state index is 8.61. The fourth-order valence-corrected chi connectivity index (χ4v) is 8.70. The largest absolute Gasteiger partial charge is 0.501 e. The minimum atomic E-state index is -1.57. The van der Waals surface area contributed by atoms with Gasteiger partial charge in [-0.05, 0) is 63.1 Å². The van der Waals surface area contributed by atoms with E-state index in [1.807, 2.05) is 62.6 Å². The van der Waals surface area contributed by atoms with Gasteiger partial charge in [-0.1, -0.05) is 161 Å². The SMILES string of the molecule is CC(C)(C)Cc1ccnc(-c2[c-]ccc3c2oc2cc(-c4ccccc4)ccc23)c1.[2H]C(C)(C)c1cc(-c2[c-]ccc(-c3ccccc3)c2)ncc1[Si](C)(C)C.[Ir]. The maximum absolute atomic E-state index is 8.61. The molecule has 3 nitrogen and oxygen atoms in total. The van der Waals surface area contributed by atoms with Crippen LogP contribution in [0.1, 0.15) is 53.0 Å². The summed E-state index contributed by atoms with van der Waals surface area (Å²) in [6.07, 6.45) is 4.88. The van der Waals surface area contributed by atoms with Crippen molar-refractivity contribution in [1.82, 2.24) is 9.97 Å². The topological polar surface area (TPSA) is 38.9 Å². The number of fused-ring (bicyclic) bond motifs is 3. The quantitative estimate of drug-likeness (QED) is 0.118. The number of hydrogen-bond donors (Lipinski definition) is 0. The third kappa shape index (κ3) is 9.36. The van der Waals surface area contributed by atoms with Gasteiger partial charge in [-0.2, -0.15) is 0 Å². The zero-order chi connectivity index (χ0) is 39.7. The van der Waals surface area contributed by atoms with Crippen molar-refractivity contribution >= 4 is 35.2 Å². The number of pyridine rings is 2. The molecule has 0 bridgehead atoms. The molecule has 8 rings (SSSR count). The van der Waals surface area contributed by atoms with E-state index in [-0.39, 0.29) is 25.5 Å². The first-order valence-electron chi connectivity index (χ1n) is 19.6. The van der Waals surface area contributed by atoms with Crippen LogP contribution < -0.4 is 5.19 Å². The van der Waals surface area contributed by atoms with Gasteiger partial charge in [-0.3, -0.25) is 0 Å². The number of nitrogens with zero attached hydrogens (tertiary/aromatic N) is 2. The molecule has 0 saturated carbocycles.